The average molecular weight is 279 g/mol. The van der Waals surface area contributed by atoms with Gasteiger partial charge in [-0.3, -0.25) is 0 Å². The molecule has 1 heterocycles. The molecule has 2 nitrogen and oxygen atoms in total. The maximum Gasteiger partial charge on any atom is 0.0649 e. The van der Waals surface area contributed by atoms with Gasteiger partial charge in [-0.15, -0.1) is 0 Å². The van der Waals surface area contributed by atoms with Gasteiger partial charge in [0.25, 0.3) is 0 Å². The molecule has 0 atom stereocenters. The molecule has 1 aromatic carbocycles. The van der Waals surface area contributed by atoms with Crippen LogP contribution in [0.5, 0.6) is 0 Å². The van der Waals surface area contributed by atoms with Crippen molar-refractivity contribution in [3.05, 3.63) is 47.8 Å². The highest BCUT2D eigenvalue weighted by Crippen LogP contribution is 2.18. The minimum absolute atomic E-state index is 0.572. The number of halogens is 1. The lowest BCUT2D eigenvalue weighted by Crippen LogP contribution is -2.00. The van der Waals surface area contributed by atoms with Crippen molar-refractivity contribution in [3.63, 3.8) is 0 Å². The maximum absolute atomic E-state index is 4.32. The number of hydrogen-bond donors (Lipinski definition) is 0. The highest BCUT2D eigenvalue weighted by Gasteiger charge is 2.04. The van der Waals surface area contributed by atoms with Crippen LogP contribution in [0.15, 0.2) is 36.5 Å². The van der Waals surface area contributed by atoms with E-state index < -0.39 is 0 Å². The average Bonchev–Trinajstić information content (AvgIpc) is 2.77. The van der Waals surface area contributed by atoms with Gasteiger partial charge in [0.1, 0.15) is 0 Å². The third-order valence-electron chi connectivity index (χ3n) is 2.66. The predicted molar refractivity (Wildman–Crippen MR) is 70.3 cm³/mol. The lowest BCUT2D eigenvalue weighted by Gasteiger charge is -2.08. The van der Waals surface area contributed by atoms with Crippen molar-refractivity contribution in [2.24, 2.45) is 0 Å². The molecule has 0 aliphatic rings. The largest absolute Gasteiger partial charge is 0.237 e. The summed E-state index contributed by atoms with van der Waals surface area (Å²) in [6.45, 7) is 4.40. The summed E-state index contributed by atoms with van der Waals surface area (Å²) in [5.41, 5.74) is 3.64. The minimum Gasteiger partial charge on any atom is -0.237 e. The molecule has 0 saturated carbocycles. The molecular formula is C13H15BrN2. The predicted octanol–water partition coefficient (Wildman–Crippen LogP) is 3.89. The Kier molecular flexibility index (Phi) is 3.44. The van der Waals surface area contributed by atoms with Crippen molar-refractivity contribution in [1.29, 1.82) is 0 Å². The number of nitrogens with zero attached hydrogens (tertiary/aromatic N) is 2. The summed E-state index contributed by atoms with van der Waals surface area (Å²) in [6, 6.07) is 10.6. The first-order valence-corrected chi connectivity index (χ1v) is 6.53. The van der Waals surface area contributed by atoms with E-state index in [1.54, 1.807) is 0 Å². The zero-order chi connectivity index (χ0) is 11.5. The zero-order valence-corrected chi connectivity index (χ0v) is 11.1. The fraction of sp³-hybridized carbons (Fsp3) is 0.308. The van der Waals surface area contributed by atoms with Crippen molar-refractivity contribution < 1.29 is 0 Å². The Morgan fingerprint density at radius 3 is 2.44 bits per heavy atom. The standard InChI is InChI=1S/C13H15BrN2/c1-10(2)11-3-5-12(6-4-11)16-13(9-14)7-8-15-16/h3-8,10H,9H2,1-2H3. The monoisotopic (exact) mass is 278 g/mol. The molecule has 0 amide bonds. The van der Waals surface area contributed by atoms with Crippen LogP contribution in [-0.2, 0) is 5.33 Å². The van der Waals surface area contributed by atoms with E-state index in [1.165, 1.54) is 5.56 Å². The number of benzene rings is 1. The van der Waals surface area contributed by atoms with E-state index in [9.17, 15) is 0 Å². The van der Waals surface area contributed by atoms with Gasteiger partial charge in [0.05, 0.1) is 11.4 Å². The fourth-order valence-electron chi connectivity index (χ4n) is 1.66. The molecule has 0 N–H and O–H groups in total. The fourth-order valence-corrected chi connectivity index (χ4v) is 2.09. The van der Waals surface area contributed by atoms with Crippen LogP contribution in [0.4, 0.5) is 0 Å². The number of alkyl halides is 1. The van der Waals surface area contributed by atoms with Gasteiger partial charge in [0.2, 0.25) is 0 Å². The van der Waals surface area contributed by atoms with Crippen LogP contribution in [-0.4, -0.2) is 9.78 Å². The normalized spacial score (nSPS) is 11.0. The van der Waals surface area contributed by atoms with Gasteiger partial charge in [-0.25, -0.2) is 4.68 Å². The summed E-state index contributed by atoms with van der Waals surface area (Å²) >= 11 is 3.46. The summed E-state index contributed by atoms with van der Waals surface area (Å²) < 4.78 is 1.96. The maximum atomic E-state index is 4.32. The first-order valence-electron chi connectivity index (χ1n) is 5.41. The molecule has 2 rings (SSSR count). The Bertz CT molecular complexity index is 457. The van der Waals surface area contributed by atoms with E-state index in [4.69, 9.17) is 0 Å². The molecule has 0 saturated heterocycles. The van der Waals surface area contributed by atoms with Gasteiger partial charge in [-0.2, -0.15) is 5.10 Å². The topological polar surface area (TPSA) is 17.8 Å². The van der Waals surface area contributed by atoms with Crippen LogP contribution >= 0.6 is 15.9 Å². The summed E-state index contributed by atoms with van der Waals surface area (Å²) in [4.78, 5) is 0. The van der Waals surface area contributed by atoms with Gasteiger partial charge in [-0.1, -0.05) is 41.9 Å². The molecule has 0 spiro atoms. The molecular weight excluding hydrogens is 264 g/mol. The van der Waals surface area contributed by atoms with Crippen LogP contribution in [0.3, 0.4) is 0 Å². The van der Waals surface area contributed by atoms with E-state index in [0.717, 1.165) is 16.7 Å². The Labute approximate surface area is 104 Å². The summed E-state index contributed by atoms with van der Waals surface area (Å²) in [6.07, 6.45) is 1.83. The van der Waals surface area contributed by atoms with Crippen LogP contribution in [0.1, 0.15) is 31.0 Å². The van der Waals surface area contributed by atoms with E-state index in [2.05, 4.69) is 59.1 Å². The van der Waals surface area contributed by atoms with Crippen molar-refractivity contribution in [2.75, 3.05) is 0 Å². The quantitative estimate of drug-likeness (QED) is 0.779. The highest BCUT2D eigenvalue weighted by molar-refractivity contribution is 9.08. The molecule has 1 aromatic heterocycles. The molecule has 2 aromatic rings. The van der Waals surface area contributed by atoms with Gasteiger partial charge < -0.3 is 0 Å². The van der Waals surface area contributed by atoms with Gasteiger partial charge in [0.15, 0.2) is 0 Å². The molecule has 0 fully saturated rings. The molecule has 0 bridgehead atoms. The van der Waals surface area contributed by atoms with Crippen LogP contribution in [0, 0.1) is 0 Å². The van der Waals surface area contributed by atoms with E-state index in [-0.39, 0.29) is 0 Å². The number of hydrogen-bond acceptors (Lipinski definition) is 1. The lowest BCUT2D eigenvalue weighted by molar-refractivity contribution is 0.834. The first-order chi connectivity index (χ1) is 7.72. The summed E-state index contributed by atoms with van der Waals surface area (Å²) in [5, 5.41) is 5.14. The minimum atomic E-state index is 0.572. The zero-order valence-electron chi connectivity index (χ0n) is 9.52. The number of rotatable bonds is 3. The Morgan fingerprint density at radius 2 is 1.88 bits per heavy atom. The molecule has 84 valence electrons. The smallest absolute Gasteiger partial charge is 0.0649 e. The summed E-state index contributed by atoms with van der Waals surface area (Å²) in [7, 11) is 0. The Balaban J connectivity index is 2.35. The van der Waals surface area contributed by atoms with Crippen LogP contribution in [0.25, 0.3) is 5.69 Å². The van der Waals surface area contributed by atoms with Crippen molar-refractivity contribution in [3.8, 4) is 5.69 Å². The van der Waals surface area contributed by atoms with Gasteiger partial charge in [0, 0.05) is 11.5 Å². The molecule has 3 heteroatoms. The summed E-state index contributed by atoms with van der Waals surface area (Å²) in [5.74, 6) is 0.572. The van der Waals surface area contributed by atoms with Gasteiger partial charge >= 0.3 is 0 Å². The van der Waals surface area contributed by atoms with E-state index in [0.29, 0.717) is 5.92 Å². The van der Waals surface area contributed by atoms with Crippen molar-refractivity contribution in [2.45, 2.75) is 25.1 Å². The van der Waals surface area contributed by atoms with E-state index >= 15 is 0 Å². The first kappa shape index (κ1) is 11.4. The second kappa shape index (κ2) is 4.83. The third-order valence-corrected chi connectivity index (χ3v) is 3.24. The second-order valence-electron chi connectivity index (χ2n) is 4.11. The molecule has 0 aliphatic carbocycles. The lowest BCUT2D eigenvalue weighted by atomic mass is 10.0. The Morgan fingerprint density at radius 1 is 1.19 bits per heavy atom. The molecule has 16 heavy (non-hydrogen) atoms. The molecule has 0 unspecified atom stereocenters. The molecule has 0 radical (unpaired) electrons. The highest BCUT2D eigenvalue weighted by atomic mass is 79.9. The Hall–Kier alpha value is -1.09. The van der Waals surface area contributed by atoms with E-state index in [1.807, 2.05) is 16.9 Å². The van der Waals surface area contributed by atoms with Crippen molar-refractivity contribution in [1.82, 2.24) is 9.78 Å². The van der Waals surface area contributed by atoms with Gasteiger partial charge in [-0.05, 0) is 29.7 Å². The number of aromatic nitrogens is 2. The molecule has 0 aliphatic heterocycles. The SMILES string of the molecule is CC(C)c1ccc(-n2nccc2CBr)cc1. The van der Waals surface area contributed by atoms with Crippen LogP contribution in [0.2, 0.25) is 0 Å². The van der Waals surface area contributed by atoms with Crippen LogP contribution < -0.4 is 0 Å². The second-order valence-corrected chi connectivity index (χ2v) is 4.67. The third kappa shape index (κ3) is 2.19. The van der Waals surface area contributed by atoms with Crippen molar-refractivity contribution >= 4 is 15.9 Å².